The maximum atomic E-state index is 12.2. The average molecular weight is 396 g/mol. The van der Waals surface area contributed by atoms with Crippen LogP contribution in [-0.4, -0.2) is 38.0 Å². The van der Waals surface area contributed by atoms with E-state index in [2.05, 4.69) is 10.6 Å². The molecule has 7 heteroatoms. The number of esters is 1. The minimum atomic E-state index is -0.783. The summed E-state index contributed by atoms with van der Waals surface area (Å²) in [7, 11) is 1.60. The van der Waals surface area contributed by atoms with Crippen LogP contribution in [0.2, 0.25) is 0 Å². The zero-order valence-electron chi connectivity index (χ0n) is 16.4. The van der Waals surface area contributed by atoms with Crippen LogP contribution in [0.1, 0.15) is 18.1 Å². The molecule has 0 saturated heterocycles. The summed E-state index contributed by atoms with van der Waals surface area (Å²) in [5.41, 5.74) is 1.73. The Bertz CT molecular complexity index is 861. The highest BCUT2D eigenvalue weighted by Crippen LogP contribution is 2.11. The highest BCUT2D eigenvalue weighted by molar-refractivity contribution is 5.98. The van der Waals surface area contributed by atoms with Gasteiger partial charge in [-0.2, -0.15) is 0 Å². The van der Waals surface area contributed by atoms with E-state index in [1.807, 2.05) is 30.3 Å². The van der Waals surface area contributed by atoms with Crippen molar-refractivity contribution in [1.29, 1.82) is 0 Å². The molecule has 0 spiro atoms. The fraction of sp³-hybridized carbons (Fsp3) is 0.227. The van der Waals surface area contributed by atoms with Crippen LogP contribution in [0.25, 0.3) is 6.08 Å². The molecule has 2 N–H and O–H groups in total. The second-order valence-corrected chi connectivity index (χ2v) is 6.17. The Morgan fingerprint density at radius 1 is 1.00 bits per heavy atom. The summed E-state index contributed by atoms with van der Waals surface area (Å²) in [6.07, 6.45) is 2.13. The van der Waals surface area contributed by atoms with Crippen molar-refractivity contribution in [1.82, 2.24) is 10.6 Å². The molecule has 0 aliphatic rings. The minimum Gasteiger partial charge on any atom is -0.497 e. The van der Waals surface area contributed by atoms with Gasteiger partial charge in [0.1, 0.15) is 11.4 Å². The summed E-state index contributed by atoms with van der Waals surface area (Å²) in [5, 5.41) is 5.12. The second kappa shape index (κ2) is 11.3. The van der Waals surface area contributed by atoms with Gasteiger partial charge in [0.25, 0.3) is 5.91 Å². The molecule has 0 atom stereocenters. The highest BCUT2D eigenvalue weighted by atomic mass is 16.5. The number of nitrogens with one attached hydrogen (secondary N) is 2. The molecule has 0 bridgehead atoms. The Morgan fingerprint density at radius 3 is 2.31 bits per heavy atom. The van der Waals surface area contributed by atoms with E-state index >= 15 is 0 Å². The molecule has 2 amide bonds. The first-order chi connectivity index (χ1) is 14.0. The minimum absolute atomic E-state index is 0.0327. The highest BCUT2D eigenvalue weighted by Gasteiger charge is 2.14. The molecule has 29 heavy (non-hydrogen) atoms. The van der Waals surface area contributed by atoms with Crippen molar-refractivity contribution in [2.24, 2.45) is 0 Å². The smallest absolute Gasteiger partial charge is 0.355 e. The molecule has 2 aromatic carbocycles. The van der Waals surface area contributed by atoms with E-state index in [1.54, 1.807) is 31.4 Å². The number of rotatable bonds is 9. The lowest BCUT2D eigenvalue weighted by molar-refractivity contribution is -0.145. The third-order valence-electron chi connectivity index (χ3n) is 3.87. The van der Waals surface area contributed by atoms with Crippen LogP contribution >= 0.6 is 0 Å². The number of ether oxygens (including phenoxy) is 2. The van der Waals surface area contributed by atoms with Gasteiger partial charge in [0.15, 0.2) is 6.61 Å². The molecule has 0 aromatic heterocycles. The standard InChI is InChI=1S/C22H24N2O5/c1-16(25)24-20(14-18-6-4-3-5-7-18)22(27)29-15-21(26)23-13-12-17-8-10-19(28-2)11-9-17/h3-11,14H,12-13,15H2,1-2H3,(H,23,26)(H,24,25)/b20-14+. The van der Waals surface area contributed by atoms with Crippen molar-refractivity contribution in [2.75, 3.05) is 20.3 Å². The summed E-state index contributed by atoms with van der Waals surface area (Å²) in [6, 6.07) is 16.5. The molecule has 0 heterocycles. The van der Waals surface area contributed by atoms with Crippen LogP contribution in [-0.2, 0) is 25.5 Å². The van der Waals surface area contributed by atoms with Crippen molar-refractivity contribution in [3.8, 4) is 5.75 Å². The van der Waals surface area contributed by atoms with Gasteiger partial charge in [-0.3, -0.25) is 9.59 Å². The van der Waals surface area contributed by atoms with Gasteiger partial charge in [0.05, 0.1) is 7.11 Å². The number of carbonyl (C=O) groups is 3. The molecule has 2 rings (SSSR count). The summed E-state index contributed by atoms with van der Waals surface area (Å²) >= 11 is 0. The number of hydrogen-bond acceptors (Lipinski definition) is 5. The fourth-order valence-corrected chi connectivity index (χ4v) is 2.45. The third-order valence-corrected chi connectivity index (χ3v) is 3.87. The molecule has 0 radical (unpaired) electrons. The Morgan fingerprint density at radius 2 is 1.69 bits per heavy atom. The van der Waals surface area contributed by atoms with E-state index < -0.39 is 24.4 Å². The molecule has 0 aliphatic carbocycles. The van der Waals surface area contributed by atoms with Gasteiger partial charge < -0.3 is 20.1 Å². The quantitative estimate of drug-likeness (QED) is 0.500. The zero-order chi connectivity index (χ0) is 21.1. The Hall–Kier alpha value is -3.61. The van der Waals surface area contributed by atoms with Crippen LogP contribution in [0.5, 0.6) is 5.75 Å². The van der Waals surface area contributed by atoms with Crippen molar-refractivity contribution in [3.63, 3.8) is 0 Å². The number of carbonyl (C=O) groups excluding carboxylic acids is 3. The second-order valence-electron chi connectivity index (χ2n) is 6.17. The lowest BCUT2D eigenvalue weighted by atomic mass is 10.1. The molecule has 0 saturated carbocycles. The van der Waals surface area contributed by atoms with Gasteiger partial charge in [-0.15, -0.1) is 0 Å². The van der Waals surface area contributed by atoms with Gasteiger partial charge in [-0.1, -0.05) is 42.5 Å². The molecule has 152 valence electrons. The SMILES string of the molecule is COc1ccc(CCNC(=O)COC(=O)/C(=C\c2ccccc2)NC(C)=O)cc1. The number of hydrogen-bond donors (Lipinski definition) is 2. The van der Waals surface area contributed by atoms with Crippen LogP contribution in [0.4, 0.5) is 0 Å². The normalized spacial score (nSPS) is 10.8. The fourth-order valence-electron chi connectivity index (χ4n) is 2.45. The van der Waals surface area contributed by atoms with Crippen molar-refractivity contribution in [3.05, 3.63) is 71.4 Å². The van der Waals surface area contributed by atoms with E-state index in [4.69, 9.17) is 9.47 Å². The average Bonchev–Trinajstić information content (AvgIpc) is 2.72. The van der Waals surface area contributed by atoms with E-state index in [-0.39, 0.29) is 5.70 Å². The maximum absolute atomic E-state index is 12.2. The van der Waals surface area contributed by atoms with E-state index in [0.29, 0.717) is 13.0 Å². The number of amides is 2. The topological polar surface area (TPSA) is 93.7 Å². The van der Waals surface area contributed by atoms with Crippen LogP contribution in [0.15, 0.2) is 60.3 Å². The van der Waals surface area contributed by atoms with Crippen LogP contribution in [0.3, 0.4) is 0 Å². The largest absolute Gasteiger partial charge is 0.497 e. The number of benzene rings is 2. The van der Waals surface area contributed by atoms with Crippen LogP contribution < -0.4 is 15.4 Å². The summed E-state index contributed by atoms with van der Waals surface area (Å²) in [6.45, 7) is 1.26. The first kappa shape index (κ1) is 21.7. The third kappa shape index (κ3) is 7.88. The van der Waals surface area contributed by atoms with Gasteiger partial charge in [0.2, 0.25) is 5.91 Å². The lowest BCUT2D eigenvalue weighted by Crippen LogP contribution is -2.32. The first-order valence-corrected chi connectivity index (χ1v) is 9.09. The van der Waals surface area contributed by atoms with E-state index in [1.165, 1.54) is 13.0 Å². The predicted molar refractivity (Wildman–Crippen MR) is 109 cm³/mol. The summed E-state index contributed by atoms with van der Waals surface area (Å²) < 4.78 is 10.1. The lowest BCUT2D eigenvalue weighted by Gasteiger charge is -2.10. The van der Waals surface area contributed by atoms with Crippen molar-refractivity contribution >= 4 is 23.9 Å². The Balaban J connectivity index is 1.82. The van der Waals surface area contributed by atoms with E-state index in [9.17, 15) is 14.4 Å². The summed E-state index contributed by atoms with van der Waals surface area (Å²) in [4.78, 5) is 35.5. The molecule has 0 fully saturated rings. The molecule has 7 nitrogen and oxygen atoms in total. The monoisotopic (exact) mass is 396 g/mol. The Kier molecular flexibility index (Phi) is 8.44. The molecular formula is C22H24N2O5. The zero-order valence-corrected chi connectivity index (χ0v) is 16.4. The van der Waals surface area contributed by atoms with Gasteiger partial charge in [-0.25, -0.2) is 4.79 Å². The van der Waals surface area contributed by atoms with Gasteiger partial charge in [-0.05, 0) is 35.8 Å². The van der Waals surface area contributed by atoms with Gasteiger partial charge >= 0.3 is 5.97 Å². The molecule has 0 unspecified atom stereocenters. The van der Waals surface area contributed by atoms with Gasteiger partial charge in [0, 0.05) is 13.5 Å². The number of methoxy groups -OCH3 is 1. The van der Waals surface area contributed by atoms with Crippen LogP contribution in [0, 0.1) is 0 Å². The predicted octanol–water partition coefficient (Wildman–Crippen LogP) is 2.07. The van der Waals surface area contributed by atoms with Crippen molar-refractivity contribution < 1.29 is 23.9 Å². The maximum Gasteiger partial charge on any atom is 0.355 e. The Labute approximate surface area is 169 Å². The summed E-state index contributed by atoms with van der Waals surface area (Å²) in [5.74, 6) is -0.848. The van der Waals surface area contributed by atoms with Crippen molar-refractivity contribution in [2.45, 2.75) is 13.3 Å². The molecule has 2 aromatic rings. The molecule has 0 aliphatic heterocycles. The van der Waals surface area contributed by atoms with E-state index in [0.717, 1.165) is 16.9 Å². The molecular weight excluding hydrogens is 372 g/mol. The first-order valence-electron chi connectivity index (χ1n) is 9.09.